The highest BCUT2D eigenvalue weighted by Crippen LogP contribution is 2.13. The maximum absolute atomic E-state index is 11.8. The van der Waals surface area contributed by atoms with Crippen LogP contribution in [0.2, 0.25) is 0 Å². The number of hydrogen-bond acceptors (Lipinski definition) is 3. The van der Waals surface area contributed by atoms with Gasteiger partial charge in [0.2, 0.25) is 5.91 Å². The van der Waals surface area contributed by atoms with Crippen molar-refractivity contribution in [3.8, 4) is 0 Å². The molecule has 0 heterocycles. The van der Waals surface area contributed by atoms with Crippen molar-refractivity contribution in [2.24, 2.45) is 0 Å². The van der Waals surface area contributed by atoms with E-state index < -0.39 is 0 Å². The van der Waals surface area contributed by atoms with Crippen LogP contribution in [0.3, 0.4) is 0 Å². The summed E-state index contributed by atoms with van der Waals surface area (Å²) < 4.78 is 0.992. The molecule has 4 nitrogen and oxygen atoms in total. The molecule has 1 aromatic rings. The summed E-state index contributed by atoms with van der Waals surface area (Å²) in [6.07, 6.45) is 2.83. The van der Waals surface area contributed by atoms with Crippen molar-refractivity contribution in [3.05, 3.63) is 28.7 Å². The molecule has 0 saturated carbocycles. The summed E-state index contributed by atoms with van der Waals surface area (Å²) in [7, 11) is 1.93. The number of nitrogens with zero attached hydrogens (tertiary/aromatic N) is 1. The molecule has 0 unspecified atom stereocenters. The van der Waals surface area contributed by atoms with Gasteiger partial charge in [-0.05, 0) is 57.1 Å². The third-order valence-corrected chi connectivity index (χ3v) is 3.27. The first kappa shape index (κ1) is 16.1. The Morgan fingerprint density at radius 3 is 2.58 bits per heavy atom. The summed E-state index contributed by atoms with van der Waals surface area (Å²) in [5, 5.41) is 11.5. The van der Waals surface area contributed by atoms with Gasteiger partial charge in [0.25, 0.3) is 0 Å². The Labute approximate surface area is 122 Å². The van der Waals surface area contributed by atoms with E-state index in [2.05, 4.69) is 21.2 Å². The summed E-state index contributed by atoms with van der Waals surface area (Å²) in [6.45, 7) is 1.50. The van der Waals surface area contributed by atoms with Crippen LogP contribution in [0.5, 0.6) is 0 Å². The Morgan fingerprint density at radius 2 is 1.95 bits per heavy atom. The number of amides is 1. The number of nitrogens with one attached hydrogen (secondary N) is 1. The van der Waals surface area contributed by atoms with Crippen molar-refractivity contribution in [3.63, 3.8) is 0 Å². The average Bonchev–Trinajstić information content (AvgIpc) is 2.37. The van der Waals surface area contributed by atoms with E-state index >= 15 is 0 Å². The normalized spacial score (nSPS) is 10.7. The van der Waals surface area contributed by atoms with Gasteiger partial charge in [0, 0.05) is 16.8 Å². The lowest BCUT2D eigenvalue weighted by atomic mass is 10.2. The lowest BCUT2D eigenvalue weighted by Gasteiger charge is -2.16. The Balaban J connectivity index is 2.24. The van der Waals surface area contributed by atoms with Crippen molar-refractivity contribution < 1.29 is 9.90 Å². The van der Waals surface area contributed by atoms with Crippen molar-refractivity contribution in [2.45, 2.75) is 19.3 Å². The number of anilines is 1. The third kappa shape index (κ3) is 7.30. The second kappa shape index (κ2) is 9.07. The topological polar surface area (TPSA) is 52.6 Å². The molecule has 1 rings (SSSR count). The van der Waals surface area contributed by atoms with E-state index in [0.717, 1.165) is 36.0 Å². The van der Waals surface area contributed by atoms with Crippen molar-refractivity contribution >= 4 is 27.5 Å². The second-order valence-electron chi connectivity index (χ2n) is 4.58. The van der Waals surface area contributed by atoms with Gasteiger partial charge in [-0.25, -0.2) is 0 Å². The average molecular weight is 329 g/mol. The van der Waals surface area contributed by atoms with Gasteiger partial charge in [-0.15, -0.1) is 0 Å². The number of aliphatic hydroxyl groups excluding tert-OH is 1. The Kier molecular flexibility index (Phi) is 7.70. The van der Waals surface area contributed by atoms with Crippen molar-refractivity contribution in [2.75, 3.05) is 32.1 Å². The molecule has 0 bridgehead atoms. The minimum Gasteiger partial charge on any atom is -0.396 e. The first-order chi connectivity index (χ1) is 9.11. The quantitative estimate of drug-likeness (QED) is 0.721. The Bertz CT molecular complexity index is 382. The van der Waals surface area contributed by atoms with Crippen LogP contribution >= 0.6 is 15.9 Å². The van der Waals surface area contributed by atoms with E-state index in [1.54, 1.807) is 0 Å². The summed E-state index contributed by atoms with van der Waals surface area (Å²) >= 11 is 3.35. The molecule has 0 saturated heterocycles. The SMILES string of the molecule is CN(CCCCCO)CC(=O)Nc1ccc(Br)cc1. The zero-order chi connectivity index (χ0) is 14.1. The highest BCUT2D eigenvalue weighted by molar-refractivity contribution is 9.10. The molecule has 0 atom stereocenters. The van der Waals surface area contributed by atoms with Crippen LogP contribution in [0.4, 0.5) is 5.69 Å². The maximum Gasteiger partial charge on any atom is 0.238 e. The molecule has 106 valence electrons. The second-order valence-corrected chi connectivity index (χ2v) is 5.49. The van der Waals surface area contributed by atoms with Crippen LogP contribution in [0.1, 0.15) is 19.3 Å². The van der Waals surface area contributed by atoms with E-state index in [4.69, 9.17) is 5.11 Å². The van der Waals surface area contributed by atoms with Crippen LogP contribution in [0.15, 0.2) is 28.7 Å². The molecule has 0 aliphatic heterocycles. The van der Waals surface area contributed by atoms with Gasteiger partial charge < -0.3 is 10.4 Å². The molecule has 19 heavy (non-hydrogen) atoms. The molecule has 0 fully saturated rings. The number of hydrogen-bond donors (Lipinski definition) is 2. The molecule has 5 heteroatoms. The van der Waals surface area contributed by atoms with Gasteiger partial charge in [-0.3, -0.25) is 9.69 Å². The van der Waals surface area contributed by atoms with Gasteiger partial charge in [-0.2, -0.15) is 0 Å². The highest BCUT2D eigenvalue weighted by atomic mass is 79.9. The zero-order valence-corrected chi connectivity index (χ0v) is 12.8. The highest BCUT2D eigenvalue weighted by Gasteiger charge is 2.06. The summed E-state index contributed by atoms with van der Waals surface area (Å²) in [6, 6.07) is 7.52. The lowest BCUT2D eigenvalue weighted by Crippen LogP contribution is -2.30. The maximum atomic E-state index is 11.8. The molecule has 0 aromatic heterocycles. The molecular weight excluding hydrogens is 308 g/mol. The third-order valence-electron chi connectivity index (χ3n) is 2.74. The van der Waals surface area contributed by atoms with Crippen LogP contribution in [-0.4, -0.2) is 42.7 Å². The fourth-order valence-corrected chi connectivity index (χ4v) is 1.99. The van der Waals surface area contributed by atoms with Crippen LogP contribution < -0.4 is 5.32 Å². The van der Waals surface area contributed by atoms with Gasteiger partial charge in [-0.1, -0.05) is 15.9 Å². The van der Waals surface area contributed by atoms with Crippen LogP contribution in [0, 0.1) is 0 Å². The molecule has 1 amide bonds. The number of rotatable bonds is 8. The minimum absolute atomic E-state index is 0.00743. The lowest BCUT2D eigenvalue weighted by molar-refractivity contribution is -0.117. The molecule has 0 aliphatic rings. The summed E-state index contributed by atoms with van der Waals surface area (Å²) in [4.78, 5) is 13.8. The number of carbonyl (C=O) groups excluding carboxylic acids is 1. The molecule has 0 aliphatic carbocycles. The zero-order valence-electron chi connectivity index (χ0n) is 11.2. The number of likely N-dealkylation sites (N-methyl/N-ethyl adjacent to an activating group) is 1. The summed E-state index contributed by atoms with van der Waals surface area (Å²) in [5.74, 6) is -0.00743. The first-order valence-corrected chi connectivity index (χ1v) is 7.26. The van der Waals surface area contributed by atoms with Crippen LogP contribution in [-0.2, 0) is 4.79 Å². The molecule has 1 aromatic carbocycles. The molecule has 0 spiro atoms. The van der Waals surface area contributed by atoms with E-state index in [-0.39, 0.29) is 12.5 Å². The monoisotopic (exact) mass is 328 g/mol. The number of benzene rings is 1. The van der Waals surface area contributed by atoms with Gasteiger partial charge in [0.15, 0.2) is 0 Å². The molecule has 0 radical (unpaired) electrons. The number of halogens is 1. The van der Waals surface area contributed by atoms with Crippen molar-refractivity contribution in [1.29, 1.82) is 0 Å². The molecule has 2 N–H and O–H groups in total. The van der Waals surface area contributed by atoms with Gasteiger partial charge >= 0.3 is 0 Å². The fourth-order valence-electron chi connectivity index (χ4n) is 1.73. The summed E-state index contributed by atoms with van der Waals surface area (Å²) in [5.41, 5.74) is 0.807. The largest absolute Gasteiger partial charge is 0.396 e. The van der Waals surface area contributed by atoms with E-state index in [1.807, 2.05) is 36.2 Å². The standard InChI is InChI=1S/C14H21BrN2O2/c1-17(9-3-2-4-10-18)11-14(19)16-13-7-5-12(15)6-8-13/h5-8,18H,2-4,9-11H2,1H3,(H,16,19). The number of unbranched alkanes of at least 4 members (excludes halogenated alkanes) is 2. The van der Waals surface area contributed by atoms with Crippen LogP contribution in [0.25, 0.3) is 0 Å². The van der Waals surface area contributed by atoms with E-state index in [9.17, 15) is 4.79 Å². The van der Waals surface area contributed by atoms with E-state index in [1.165, 1.54) is 0 Å². The fraction of sp³-hybridized carbons (Fsp3) is 0.500. The first-order valence-electron chi connectivity index (χ1n) is 6.46. The Morgan fingerprint density at radius 1 is 1.26 bits per heavy atom. The number of carbonyl (C=O) groups is 1. The predicted molar refractivity (Wildman–Crippen MR) is 81.2 cm³/mol. The predicted octanol–water partition coefficient (Wildman–Crippen LogP) is 2.48. The smallest absolute Gasteiger partial charge is 0.238 e. The minimum atomic E-state index is -0.00743. The van der Waals surface area contributed by atoms with E-state index in [0.29, 0.717) is 6.54 Å². The van der Waals surface area contributed by atoms with Crippen molar-refractivity contribution in [1.82, 2.24) is 4.90 Å². The number of aliphatic hydroxyl groups is 1. The van der Waals surface area contributed by atoms with Gasteiger partial charge in [0.05, 0.1) is 6.54 Å². The molecular formula is C14H21BrN2O2. The Hall–Kier alpha value is -0.910. The van der Waals surface area contributed by atoms with Gasteiger partial charge in [0.1, 0.15) is 0 Å².